The van der Waals surface area contributed by atoms with Gasteiger partial charge in [-0.05, 0) is 61.9 Å². The Kier molecular flexibility index (Phi) is 5.85. The zero-order valence-electron chi connectivity index (χ0n) is 18.7. The molecule has 2 aliphatic rings. The van der Waals surface area contributed by atoms with E-state index in [9.17, 15) is 17.2 Å². The lowest BCUT2D eigenvalue weighted by atomic mass is 9.68. The van der Waals surface area contributed by atoms with E-state index < -0.39 is 27.1 Å². The Bertz CT molecular complexity index is 1340. The normalized spacial score (nSPS) is 22.3. The Balaban J connectivity index is 1.60. The molecule has 1 fully saturated rings. The molecule has 0 atom stereocenters. The van der Waals surface area contributed by atoms with Crippen LogP contribution in [0.5, 0.6) is 5.75 Å². The van der Waals surface area contributed by atoms with Crippen LogP contribution in [0.1, 0.15) is 42.8 Å². The molecular formula is C25H25F2N3O3S. The van der Waals surface area contributed by atoms with Gasteiger partial charge in [0.2, 0.25) is 10.0 Å². The van der Waals surface area contributed by atoms with Gasteiger partial charge in [-0.1, -0.05) is 18.2 Å². The summed E-state index contributed by atoms with van der Waals surface area (Å²) in [4.78, 5) is 9.35. The Morgan fingerprint density at radius 1 is 1.06 bits per heavy atom. The van der Waals surface area contributed by atoms with Crippen molar-refractivity contribution in [2.75, 3.05) is 6.26 Å². The summed E-state index contributed by atoms with van der Waals surface area (Å²) in [5, 5.41) is 0. The molecule has 9 heteroatoms. The fourth-order valence-electron chi connectivity index (χ4n) is 5.10. The van der Waals surface area contributed by atoms with Crippen LogP contribution in [0.2, 0.25) is 0 Å². The van der Waals surface area contributed by atoms with Crippen molar-refractivity contribution in [3.63, 3.8) is 0 Å². The first-order valence-corrected chi connectivity index (χ1v) is 13.1. The zero-order valence-corrected chi connectivity index (χ0v) is 19.5. The summed E-state index contributed by atoms with van der Waals surface area (Å²) in [5.41, 5.74) is 1.66. The van der Waals surface area contributed by atoms with Crippen molar-refractivity contribution in [3.05, 3.63) is 77.4 Å². The Morgan fingerprint density at radius 3 is 2.62 bits per heavy atom. The van der Waals surface area contributed by atoms with Crippen molar-refractivity contribution in [2.24, 2.45) is 0 Å². The number of fused-ring (bicyclic) bond motifs is 7. The summed E-state index contributed by atoms with van der Waals surface area (Å²) >= 11 is 0. The number of rotatable bonds is 2. The highest BCUT2D eigenvalue weighted by molar-refractivity contribution is 7.88. The molecule has 1 aliphatic carbocycles. The molecule has 0 radical (unpaired) electrons. The van der Waals surface area contributed by atoms with Gasteiger partial charge in [-0.3, -0.25) is 0 Å². The molecule has 1 N–H and O–H groups in total. The summed E-state index contributed by atoms with van der Waals surface area (Å²) in [5.74, 6) is -0.393. The van der Waals surface area contributed by atoms with E-state index in [2.05, 4.69) is 9.71 Å². The Hall–Kier alpha value is -2.91. The zero-order chi connectivity index (χ0) is 23.9. The van der Waals surface area contributed by atoms with Crippen molar-refractivity contribution in [3.8, 4) is 16.9 Å². The van der Waals surface area contributed by atoms with Gasteiger partial charge in [-0.2, -0.15) is 0 Å². The molecule has 1 spiro atoms. The van der Waals surface area contributed by atoms with Gasteiger partial charge in [-0.15, -0.1) is 0 Å². The molecule has 6 nitrogen and oxygen atoms in total. The van der Waals surface area contributed by atoms with Crippen molar-refractivity contribution in [2.45, 2.75) is 50.2 Å². The first-order valence-electron chi connectivity index (χ1n) is 11.2. The first-order chi connectivity index (χ1) is 16.2. The number of benzene rings is 2. The maximum atomic E-state index is 14.9. The van der Waals surface area contributed by atoms with E-state index in [1.54, 1.807) is 30.5 Å². The maximum absolute atomic E-state index is 14.9. The van der Waals surface area contributed by atoms with Gasteiger partial charge in [0, 0.05) is 28.8 Å². The van der Waals surface area contributed by atoms with Gasteiger partial charge >= 0.3 is 0 Å². The average molecular weight is 486 g/mol. The SMILES string of the molecule is CS(=O)(=O)NC1CCC2(CC1)Cc1ccc(F)c(c1)-c1cccc(F)c1OCc1ccnc2n1. The molecule has 178 valence electrons. The van der Waals surface area contributed by atoms with Crippen molar-refractivity contribution in [1.29, 1.82) is 0 Å². The number of nitrogens with one attached hydrogen (secondary N) is 1. The van der Waals surface area contributed by atoms with Gasteiger partial charge in [0.15, 0.2) is 11.6 Å². The molecular weight excluding hydrogens is 460 g/mol. The van der Waals surface area contributed by atoms with E-state index in [0.717, 1.165) is 5.56 Å². The lowest BCUT2D eigenvalue weighted by molar-refractivity contribution is 0.242. The Morgan fingerprint density at radius 2 is 1.85 bits per heavy atom. The molecule has 2 heterocycles. The first kappa shape index (κ1) is 22.9. The smallest absolute Gasteiger partial charge is 0.208 e. The minimum absolute atomic E-state index is 0.0126. The van der Waals surface area contributed by atoms with Gasteiger partial charge in [0.1, 0.15) is 18.2 Å². The van der Waals surface area contributed by atoms with Gasteiger partial charge in [0.25, 0.3) is 0 Å². The summed E-state index contributed by atoms with van der Waals surface area (Å²) < 4.78 is 61.6. The number of hydrogen-bond donors (Lipinski definition) is 1. The second-order valence-corrected chi connectivity index (χ2v) is 11.0. The molecule has 2 aromatic carbocycles. The van der Waals surface area contributed by atoms with Gasteiger partial charge < -0.3 is 4.74 Å². The van der Waals surface area contributed by atoms with Crippen molar-refractivity contribution in [1.82, 2.24) is 14.7 Å². The minimum Gasteiger partial charge on any atom is -0.484 e. The van der Waals surface area contributed by atoms with Crippen LogP contribution in [-0.4, -0.2) is 30.7 Å². The summed E-state index contributed by atoms with van der Waals surface area (Å²) in [6.45, 7) is 0.0130. The molecule has 3 aromatic rings. The number of nitrogens with zero attached hydrogens (tertiary/aromatic N) is 2. The molecule has 34 heavy (non-hydrogen) atoms. The van der Waals surface area contributed by atoms with Crippen LogP contribution in [0, 0.1) is 11.6 Å². The maximum Gasteiger partial charge on any atom is 0.208 e. The van der Waals surface area contributed by atoms with E-state index in [0.29, 0.717) is 49.2 Å². The predicted octanol–water partition coefficient (Wildman–Crippen LogP) is 4.29. The molecule has 0 saturated heterocycles. The molecule has 1 saturated carbocycles. The molecule has 1 aliphatic heterocycles. The number of hydrogen-bond acceptors (Lipinski definition) is 5. The summed E-state index contributed by atoms with van der Waals surface area (Å²) in [7, 11) is -3.30. The monoisotopic (exact) mass is 485 g/mol. The summed E-state index contributed by atoms with van der Waals surface area (Å²) in [6, 6.07) is 10.9. The van der Waals surface area contributed by atoms with E-state index in [1.165, 1.54) is 24.5 Å². The lowest BCUT2D eigenvalue weighted by Crippen LogP contribution is -2.43. The van der Waals surface area contributed by atoms with E-state index >= 15 is 0 Å². The number of aromatic nitrogens is 2. The fourth-order valence-corrected chi connectivity index (χ4v) is 5.94. The van der Waals surface area contributed by atoms with Crippen LogP contribution >= 0.6 is 0 Å². The van der Waals surface area contributed by atoms with Crippen LogP contribution in [0.25, 0.3) is 11.1 Å². The van der Waals surface area contributed by atoms with Crippen LogP contribution in [0.4, 0.5) is 8.78 Å². The second kappa shape index (κ2) is 8.70. The molecule has 0 unspecified atom stereocenters. The van der Waals surface area contributed by atoms with Crippen LogP contribution in [0.3, 0.4) is 0 Å². The summed E-state index contributed by atoms with van der Waals surface area (Å²) in [6.07, 6.45) is 6.01. The second-order valence-electron chi connectivity index (χ2n) is 9.21. The van der Waals surface area contributed by atoms with Crippen LogP contribution in [-0.2, 0) is 28.5 Å². The van der Waals surface area contributed by atoms with Crippen LogP contribution < -0.4 is 9.46 Å². The predicted molar refractivity (Wildman–Crippen MR) is 124 cm³/mol. The topological polar surface area (TPSA) is 81.2 Å². The fraction of sp³-hybridized carbons (Fsp3) is 0.360. The highest BCUT2D eigenvalue weighted by atomic mass is 32.2. The van der Waals surface area contributed by atoms with Gasteiger partial charge in [-0.25, -0.2) is 31.9 Å². The largest absolute Gasteiger partial charge is 0.484 e. The number of para-hydroxylation sites is 1. The molecule has 5 rings (SSSR count). The van der Waals surface area contributed by atoms with E-state index in [1.807, 2.05) is 0 Å². The van der Waals surface area contributed by atoms with Crippen molar-refractivity contribution >= 4 is 10.0 Å². The third kappa shape index (κ3) is 4.54. The minimum atomic E-state index is -3.30. The molecule has 4 bridgehead atoms. The quantitative estimate of drug-likeness (QED) is 0.586. The highest BCUT2D eigenvalue weighted by Gasteiger charge is 2.40. The van der Waals surface area contributed by atoms with E-state index in [4.69, 9.17) is 9.72 Å². The third-order valence-electron chi connectivity index (χ3n) is 6.71. The molecule has 0 amide bonds. The van der Waals surface area contributed by atoms with Crippen LogP contribution in [0.15, 0.2) is 48.7 Å². The highest BCUT2D eigenvalue weighted by Crippen LogP contribution is 2.43. The Labute approximate surface area is 197 Å². The number of ether oxygens (including phenoxy) is 1. The lowest BCUT2D eigenvalue weighted by Gasteiger charge is -2.39. The number of halogens is 2. The average Bonchev–Trinajstić information content (AvgIpc) is 2.79. The molecule has 1 aromatic heterocycles. The standard InChI is InChI=1S/C25H25F2N3O3S/c1-34(31,32)30-17-7-10-25(11-8-17)14-16-5-6-21(26)20(13-16)19-3-2-4-22(27)23(19)33-15-18-9-12-28-24(25)29-18/h2-6,9,12-13,17,30H,7-8,10-11,14-15H2,1H3. The number of sulfonamides is 1. The third-order valence-corrected chi connectivity index (χ3v) is 7.47. The van der Waals surface area contributed by atoms with Gasteiger partial charge in [0.05, 0.1) is 11.9 Å². The van der Waals surface area contributed by atoms with E-state index in [-0.39, 0.29) is 24.0 Å². The van der Waals surface area contributed by atoms with Crippen molar-refractivity contribution < 1.29 is 21.9 Å².